The lowest BCUT2D eigenvalue weighted by Crippen LogP contribution is -2.52. The fraction of sp³-hybridized carbons (Fsp3) is 0.923. The Bertz CT molecular complexity index is 259. The number of hydrogen-bond donors (Lipinski definition) is 2. The Morgan fingerprint density at radius 3 is 2.89 bits per heavy atom. The third-order valence-electron chi connectivity index (χ3n) is 3.15. The van der Waals surface area contributed by atoms with Crippen molar-refractivity contribution in [3.8, 4) is 0 Å². The van der Waals surface area contributed by atoms with E-state index in [-0.39, 0.29) is 24.7 Å². The largest absolute Gasteiger partial charge is 0.394 e. The Morgan fingerprint density at radius 1 is 1.56 bits per heavy atom. The highest BCUT2D eigenvalue weighted by Gasteiger charge is 2.28. The molecule has 0 aromatic heterocycles. The van der Waals surface area contributed by atoms with Gasteiger partial charge in [0.25, 0.3) is 0 Å². The van der Waals surface area contributed by atoms with E-state index in [1.165, 1.54) is 0 Å². The van der Waals surface area contributed by atoms with Crippen molar-refractivity contribution in [2.24, 2.45) is 0 Å². The number of hydrogen-bond acceptors (Lipinski definition) is 4. The summed E-state index contributed by atoms with van der Waals surface area (Å²) in [4.78, 5) is 13.9. The van der Waals surface area contributed by atoms with Crippen molar-refractivity contribution in [3.05, 3.63) is 0 Å². The second-order valence-electron chi connectivity index (χ2n) is 5.25. The molecule has 18 heavy (non-hydrogen) atoms. The van der Waals surface area contributed by atoms with Crippen molar-refractivity contribution in [2.75, 3.05) is 26.3 Å². The number of aliphatic hydroxyl groups is 1. The molecule has 1 fully saturated rings. The predicted molar refractivity (Wildman–Crippen MR) is 70.4 cm³/mol. The molecule has 2 unspecified atom stereocenters. The lowest BCUT2D eigenvalue weighted by molar-refractivity contribution is -0.146. The lowest BCUT2D eigenvalue weighted by Gasteiger charge is -2.37. The molecular formula is C13H26N2O3. The molecule has 1 heterocycles. The number of nitrogens with zero attached hydrogens (tertiary/aromatic N) is 1. The number of aliphatic hydroxyl groups excluding tert-OH is 1. The molecule has 0 saturated carbocycles. The van der Waals surface area contributed by atoms with Crippen molar-refractivity contribution in [1.29, 1.82) is 0 Å². The number of rotatable bonds is 6. The second kappa shape index (κ2) is 7.71. The molecule has 106 valence electrons. The van der Waals surface area contributed by atoms with Crippen LogP contribution >= 0.6 is 0 Å². The first-order chi connectivity index (χ1) is 8.54. The number of carbonyl (C=O) groups is 1. The van der Waals surface area contributed by atoms with Crippen molar-refractivity contribution in [3.63, 3.8) is 0 Å². The zero-order valence-corrected chi connectivity index (χ0v) is 11.7. The second-order valence-corrected chi connectivity index (χ2v) is 5.25. The highest BCUT2D eigenvalue weighted by molar-refractivity contribution is 5.76. The average molecular weight is 258 g/mol. The molecule has 2 atom stereocenters. The van der Waals surface area contributed by atoms with Crippen molar-refractivity contribution in [1.82, 2.24) is 10.2 Å². The zero-order valence-electron chi connectivity index (χ0n) is 11.7. The number of amides is 1. The summed E-state index contributed by atoms with van der Waals surface area (Å²) in [6, 6.07) is 0.569. The van der Waals surface area contributed by atoms with Crippen LogP contribution in [0.3, 0.4) is 0 Å². The highest BCUT2D eigenvalue weighted by atomic mass is 16.5. The minimum absolute atomic E-state index is 0.0224. The van der Waals surface area contributed by atoms with Gasteiger partial charge in [-0.3, -0.25) is 4.79 Å². The van der Waals surface area contributed by atoms with Crippen LogP contribution in [0.4, 0.5) is 0 Å². The Hall–Kier alpha value is -0.650. The van der Waals surface area contributed by atoms with Gasteiger partial charge in [-0.15, -0.1) is 0 Å². The molecule has 2 N–H and O–H groups in total. The summed E-state index contributed by atoms with van der Waals surface area (Å²) in [5, 5.41) is 12.4. The van der Waals surface area contributed by atoms with E-state index in [1.807, 2.05) is 11.8 Å². The lowest BCUT2D eigenvalue weighted by atomic mass is 10.1. The SMILES string of the molecule is CC(C)NCCCC(=O)N1CC(CO)OCC1C. The fourth-order valence-corrected chi connectivity index (χ4v) is 2.05. The normalized spacial score (nSPS) is 24.6. The summed E-state index contributed by atoms with van der Waals surface area (Å²) in [6.45, 7) is 8.04. The van der Waals surface area contributed by atoms with Gasteiger partial charge in [-0.2, -0.15) is 0 Å². The molecule has 1 saturated heterocycles. The fourth-order valence-electron chi connectivity index (χ4n) is 2.05. The minimum Gasteiger partial charge on any atom is -0.394 e. The number of carbonyl (C=O) groups excluding carboxylic acids is 1. The van der Waals surface area contributed by atoms with Gasteiger partial charge >= 0.3 is 0 Å². The molecule has 0 radical (unpaired) electrons. The summed E-state index contributed by atoms with van der Waals surface area (Å²) in [6.07, 6.45) is 1.19. The number of morpholine rings is 1. The van der Waals surface area contributed by atoms with E-state index in [9.17, 15) is 4.79 Å². The van der Waals surface area contributed by atoms with E-state index < -0.39 is 0 Å². The van der Waals surface area contributed by atoms with Gasteiger partial charge in [-0.05, 0) is 19.9 Å². The third-order valence-corrected chi connectivity index (χ3v) is 3.15. The van der Waals surface area contributed by atoms with Gasteiger partial charge in [-0.25, -0.2) is 0 Å². The molecule has 0 aliphatic carbocycles. The minimum atomic E-state index is -0.223. The first kappa shape index (κ1) is 15.4. The van der Waals surface area contributed by atoms with Crippen LogP contribution in [0.15, 0.2) is 0 Å². The van der Waals surface area contributed by atoms with Crippen molar-refractivity contribution < 1.29 is 14.6 Å². The Labute approximate surface area is 109 Å². The summed E-state index contributed by atoms with van der Waals surface area (Å²) in [5.74, 6) is 0.162. The van der Waals surface area contributed by atoms with E-state index in [0.717, 1.165) is 13.0 Å². The van der Waals surface area contributed by atoms with Crippen molar-refractivity contribution in [2.45, 2.75) is 51.8 Å². The standard InChI is InChI=1S/C13H26N2O3/c1-10(2)14-6-4-5-13(17)15-7-12(8-16)18-9-11(15)3/h10-12,14,16H,4-9H2,1-3H3. The first-order valence-corrected chi connectivity index (χ1v) is 6.80. The molecule has 0 aromatic carbocycles. The Morgan fingerprint density at radius 2 is 2.28 bits per heavy atom. The van der Waals surface area contributed by atoms with Gasteiger partial charge in [0.2, 0.25) is 5.91 Å². The van der Waals surface area contributed by atoms with Gasteiger partial charge in [0.1, 0.15) is 0 Å². The molecule has 1 aliphatic heterocycles. The quantitative estimate of drug-likeness (QED) is 0.676. The van der Waals surface area contributed by atoms with Crippen LogP contribution < -0.4 is 5.32 Å². The Kier molecular flexibility index (Phi) is 6.60. The topological polar surface area (TPSA) is 61.8 Å². The smallest absolute Gasteiger partial charge is 0.223 e. The van der Waals surface area contributed by atoms with Crippen LogP contribution in [0, 0.1) is 0 Å². The van der Waals surface area contributed by atoms with E-state index in [1.54, 1.807) is 0 Å². The van der Waals surface area contributed by atoms with Crippen LogP contribution in [0.2, 0.25) is 0 Å². The van der Waals surface area contributed by atoms with E-state index in [2.05, 4.69) is 19.2 Å². The summed E-state index contributed by atoms with van der Waals surface area (Å²) in [5.41, 5.74) is 0. The molecular weight excluding hydrogens is 232 g/mol. The molecule has 1 amide bonds. The van der Waals surface area contributed by atoms with Crippen LogP contribution in [0.5, 0.6) is 0 Å². The molecule has 0 spiro atoms. The molecule has 5 heteroatoms. The van der Waals surface area contributed by atoms with E-state index in [4.69, 9.17) is 9.84 Å². The van der Waals surface area contributed by atoms with Gasteiger partial charge < -0.3 is 20.1 Å². The average Bonchev–Trinajstić information content (AvgIpc) is 2.34. The summed E-state index contributed by atoms with van der Waals surface area (Å²) < 4.78 is 5.42. The highest BCUT2D eigenvalue weighted by Crippen LogP contribution is 2.13. The number of ether oxygens (including phenoxy) is 1. The molecule has 0 bridgehead atoms. The summed E-state index contributed by atoms with van der Waals surface area (Å²) in [7, 11) is 0. The van der Waals surface area contributed by atoms with Gasteiger partial charge in [0, 0.05) is 19.0 Å². The maximum Gasteiger partial charge on any atom is 0.223 e. The summed E-state index contributed by atoms with van der Waals surface area (Å²) >= 11 is 0. The van der Waals surface area contributed by atoms with E-state index in [0.29, 0.717) is 25.6 Å². The van der Waals surface area contributed by atoms with E-state index >= 15 is 0 Å². The van der Waals surface area contributed by atoms with Gasteiger partial charge in [0.15, 0.2) is 0 Å². The number of nitrogens with one attached hydrogen (secondary N) is 1. The van der Waals surface area contributed by atoms with Gasteiger partial charge in [0.05, 0.1) is 25.4 Å². The maximum absolute atomic E-state index is 12.1. The molecule has 1 aliphatic rings. The van der Waals surface area contributed by atoms with Crippen LogP contribution in [-0.2, 0) is 9.53 Å². The predicted octanol–water partition coefficient (Wildman–Crippen LogP) is 0.373. The Balaban J connectivity index is 2.30. The maximum atomic E-state index is 12.1. The van der Waals surface area contributed by atoms with Crippen LogP contribution in [-0.4, -0.2) is 60.4 Å². The van der Waals surface area contributed by atoms with Crippen molar-refractivity contribution >= 4 is 5.91 Å². The van der Waals surface area contributed by atoms with Crippen LogP contribution in [0.25, 0.3) is 0 Å². The first-order valence-electron chi connectivity index (χ1n) is 6.80. The molecule has 0 aromatic rings. The molecule has 1 rings (SSSR count). The zero-order chi connectivity index (χ0) is 13.5. The van der Waals surface area contributed by atoms with Crippen LogP contribution in [0.1, 0.15) is 33.6 Å². The monoisotopic (exact) mass is 258 g/mol. The van der Waals surface area contributed by atoms with Gasteiger partial charge in [-0.1, -0.05) is 13.8 Å². The molecule has 5 nitrogen and oxygen atoms in total. The third kappa shape index (κ3) is 4.92.